The van der Waals surface area contributed by atoms with Gasteiger partial charge in [0.25, 0.3) is 0 Å². The smallest absolute Gasteiger partial charge is 0.174 e. The van der Waals surface area contributed by atoms with E-state index in [9.17, 15) is 20.1 Å². The molecule has 0 aromatic heterocycles. The fourth-order valence-electron chi connectivity index (χ4n) is 3.57. The van der Waals surface area contributed by atoms with Crippen LogP contribution in [0.1, 0.15) is 67.6 Å². The Morgan fingerprint density at radius 2 is 1.77 bits per heavy atom. The summed E-state index contributed by atoms with van der Waals surface area (Å²) in [6.45, 7) is 6.17. The molecule has 30 heavy (non-hydrogen) atoms. The van der Waals surface area contributed by atoms with E-state index in [2.05, 4.69) is 19.9 Å². The van der Waals surface area contributed by atoms with E-state index in [0.29, 0.717) is 12.0 Å². The van der Waals surface area contributed by atoms with Crippen LogP contribution in [0.5, 0.6) is 23.0 Å². The number of allylic oxidation sites excluding steroid dienone is 4. The number of hydrogen-bond acceptors (Lipinski definition) is 5. The van der Waals surface area contributed by atoms with Gasteiger partial charge in [-0.3, -0.25) is 4.79 Å². The number of ketones is 1. The highest BCUT2D eigenvalue weighted by Crippen LogP contribution is 2.45. The Morgan fingerprint density at radius 3 is 2.43 bits per heavy atom. The first-order valence-electron chi connectivity index (χ1n) is 10.1. The van der Waals surface area contributed by atoms with Gasteiger partial charge < -0.3 is 20.1 Å². The van der Waals surface area contributed by atoms with Crippen molar-refractivity contribution >= 4 is 5.78 Å². The summed E-state index contributed by atoms with van der Waals surface area (Å²) in [6, 6.07) is 7.70. The molecule has 3 rings (SSSR count). The Bertz CT molecular complexity index is 995. The molecule has 0 amide bonds. The Kier molecular flexibility index (Phi) is 6.50. The maximum absolute atomic E-state index is 12.8. The molecule has 0 aliphatic carbocycles. The Labute approximate surface area is 177 Å². The van der Waals surface area contributed by atoms with Crippen LogP contribution in [0, 0.1) is 0 Å². The molecule has 1 atom stereocenters. The van der Waals surface area contributed by atoms with Gasteiger partial charge in [0.15, 0.2) is 5.78 Å². The lowest BCUT2D eigenvalue weighted by molar-refractivity contribution is 0.0842. The van der Waals surface area contributed by atoms with Crippen LogP contribution in [0.25, 0.3) is 0 Å². The summed E-state index contributed by atoms with van der Waals surface area (Å²) in [6.07, 6.45) is 5.97. The van der Waals surface area contributed by atoms with E-state index in [1.165, 1.54) is 29.3 Å². The minimum absolute atomic E-state index is 0.0765. The summed E-state index contributed by atoms with van der Waals surface area (Å²) in [5.74, 6) is -0.248. The molecular weight excluding hydrogens is 380 g/mol. The number of hydrogen-bond donors (Lipinski definition) is 3. The summed E-state index contributed by atoms with van der Waals surface area (Å²) < 4.78 is 6.10. The molecule has 0 unspecified atom stereocenters. The van der Waals surface area contributed by atoms with Crippen molar-refractivity contribution in [3.8, 4) is 23.0 Å². The second kappa shape index (κ2) is 9.08. The third kappa shape index (κ3) is 4.85. The Hall–Kier alpha value is -3.21. The third-order valence-electron chi connectivity index (χ3n) is 5.26. The maximum Gasteiger partial charge on any atom is 0.174 e. The van der Waals surface area contributed by atoms with Crippen molar-refractivity contribution in [2.75, 3.05) is 0 Å². The first-order valence-corrected chi connectivity index (χ1v) is 10.1. The molecule has 0 spiro atoms. The summed E-state index contributed by atoms with van der Waals surface area (Å²) in [5.41, 5.74) is 3.80. The molecule has 1 aliphatic rings. The van der Waals surface area contributed by atoms with Gasteiger partial charge in [0.05, 0.1) is 6.42 Å². The van der Waals surface area contributed by atoms with Gasteiger partial charge in [-0.05, 0) is 57.7 Å². The summed E-state index contributed by atoms with van der Waals surface area (Å²) in [4.78, 5) is 12.8. The highest BCUT2D eigenvalue weighted by Gasteiger charge is 2.33. The van der Waals surface area contributed by atoms with Crippen LogP contribution in [0.2, 0.25) is 0 Å². The monoisotopic (exact) mass is 408 g/mol. The van der Waals surface area contributed by atoms with Gasteiger partial charge in [0, 0.05) is 11.6 Å². The number of carbonyl (C=O) groups is 1. The van der Waals surface area contributed by atoms with Gasteiger partial charge in [0.2, 0.25) is 0 Å². The van der Waals surface area contributed by atoms with E-state index in [0.717, 1.165) is 18.4 Å². The summed E-state index contributed by atoms with van der Waals surface area (Å²) >= 11 is 0. The number of ether oxygens (including phenoxy) is 1. The molecule has 0 bridgehead atoms. The van der Waals surface area contributed by atoms with Crippen LogP contribution >= 0.6 is 0 Å². The van der Waals surface area contributed by atoms with E-state index in [4.69, 9.17) is 4.74 Å². The van der Waals surface area contributed by atoms with Crippen molar-refractivity contribution in [1.29, 1.82) is 0 Å². The number of rotatable bonds is 6. The molecule has 0 saturated heterocycles. The van der Waals surface area contributed by atoms with Gasteiger partial charge in [-0.2, -0.15) is 0 Å². The van der Waals surface area contributed by atoms with E-state index in [-0.39, 0.29) is 40.8 Å². The van der Waals surface area contributed by atoms with Crippen molar-refractivity contribution in [1.82, 2.24) is 0 Å². The molecule has 0 fully saturated rings. The fourth-order valence-corrected chi connectivity index (χ4v) is 3.57. The third-order valence-corrected chi connectivity index (χ3v) is 5.26. The zero-order chi connectivity index (χ0) is 21.8. The molecule has 0 saturated carbocycles. The molecule has 3 N–H and O–H groups in total. The quantitative estimate of drug-likeness (QED) is 0.530. The minimum Gasteiger partial charge on any atom is -0.508 e. The lowest BCUT2D eigenvalue weighted by Crippen LogP contribution is -2.21. The molecule has 2 aromatic rings. The number of benzene rings is 2. The molecule has 5 heteroatoms. The van der Waals surface area contributed by atoms with Gasteiger partial charge in [-0.1, -0.05) is 35.4 Å². The van der Waals surface area contributed by atoms with E-state index in [1.54, 1.807) is 12.1 Å². The minimum atomic E-state index is -0.548. The van der Waals surface area contributed by atoms with Crippen molar-refractivity contribution < 1.29 is 24.9 Å². The van der Waals surface area contributed by atoms with Crippen LogP contribution in [0.3, 0.4) is 0 Å². The number of carbonyl (C=O) groups excluding carboxylic acids is 1. The predicted octanol–water partition coefficient (Wildman–Crippen LogP) is 5.75. The topological polar surface area (TPSA) is 87.0 Å². The van der Waals surface area contributed by atoms with Crippen LogP contribution in [-0.2, 0) is 6.42 Å². The number of Topliss-reactive ketones (excluding diaryl/α,β-unsaturated/α-hetero) is 1. The van der Waals surface area contributed by atoms with Crippen molar-refractivity contribution in [2.45, 2.75) is 52.6 Å². The molecule has 2 aromatic carbocycles. The lowest BCUT2D eigenvalue weighted by Gasteiger charge is -2.28. The van der Waals surface area contributed by atoms with Crippen LogP contribution in [0.4, 0.5) is 0 Å². The van der Waals surface area contributed by atoms with Gasteiger partial charge in [-0.15, -0.1) is 0 Å². The highest BCUT2D eigenvalue weighted by molar-refractivity contribution is 6.03. The van der Waals surface area contributed by atoms with Crippen LogP contribution in [-0.4, -0.2) is 21.1 Å². The molecule has 1 aliphatic heterocycles. The van der Waals surface area contributed by atoms with Crippen molar-refractivity contribution in [3.63, 3.8) is 0 Å². The van der Waals surface area contributed by atoms with Crippen LogP contribution < -0.4 is 4.74 Å². The average molecular weight is 408 g/mol. The fraction of sp³-hybridized carbons (Fsp3) is 0.320. The second-order valence-electron chi connectivity index (χ2n) is 8.00. The van der Waals surface area contributed by atoms with Gasteiger partial charge in [-0.25, -0.2) is 0 Å². The Balaban J connectivity index is 1.91. The molecule has 5 nitrogen and oxygen atoms in total. The average Bonchev–Trinajstić information content (AvgIpc) is 2.67. The first-order chi connectivity index (χ1) is 14.3. The van der Waals surface area contributed by atoms with E-state index in [1.807, 2.05) is 13.0 Å². The predicted molar refractivity (Wildman–Crippen MR) is 116 cm³/mol. The maximum atomic E-state index is 12.8. The van der Waals surface area contributed by atoms with Crippen LogP contribution in [0.15, 0.2) is 53.6 Å². The standard InChI is InChI=1S/C25H28O5/c1-15(2)5-4-6-16(3)7-12-19-20(27)13-21(28)24-22(29)14-23(30-25(19)24)17-8-10-18(26)11-9-17/h5,7-11,13,23,26-28H,4,6,12,14H2,1-3H3/t23-/m0/s1. The first kappa shape index (κ1) is 21.5. The lowest BCUT2D eigenvalue weighted by atomic mass is 9.92. The number of fused-ring (bicyclic) bond motifs is 1. The number of aromatic hydroxyl groups is 3. The molecular formula is C25H28O5. The zero-order valence-electron chi connectivity index (χ0n) is 17.6. The molecule has 0 radical (unpaired) electrons. The van der Waals surface area contributed by atoms with E-state index < -0.39 is 6.10 Å². The summed E-state index contributed by atoms with van der Waals surface area (Å²) in [5, 5.41) is 30.2. The largest absolute Gasteiger partial charge is 0.508 e. The second-order valence-corrected chi connectivity index (χ2v) is 8.00. The summed E-state index contributed by atoms with van der Waals surface area (Å²) in [7, 11) is 0. The van der Waals surface area contributed by atoms with Gasteiger partial charge >= 0.3 is 0 Å². The normalized spacial score (nSPS) is 16.0. The van der Waals surface area contributed by atoms with Gasteiger partial charge in [0.1, 0.15) is 34.7 Å². The molecule has 158 valence electrons. The zero-order valence-corrected chi connectivity index (χ0v) is 17.6. The van der Waals surface area contributed by atoms with Crippen molar-refractivity contribution in [3.05, 3.63) is 70.3 Å². The SMILES string of the molecule is CC(C)=CCCC(C)=CCc1c(O)cc(O)c2c1O[C@H](c1ccc(O)cc1)CC2=O. The number of phenolic OH excluding ortho intramolecular Hbond substituents is 3. The molecule has 1 heterocycles. The van der Waals surface area contributed by atoms with E-state index >= 15 is 0 Å². The Morgan fingerprint density at radius 1 is 1.07 bits per heavy atom. The van der Waals surface area contributed by atoms with Crippen molar-refractivity contribution in [2.24, 2.45) is 0 Å². The highest BCUT2D eigenvalue weighted by atomic mass is 16.5. The number of phenols is 3.